The molecule has 0 aliphatic heterocycles. The van der Waals surface area contributed by atoms with E-state index in [1.165, 1.54) is 0 Å². The Morgan fingerprint density at radius 3 is 2.28 bits per heavy atom. The van der Waals surface area contributed by atoms with Crippen LogP contribution in [0.15, 0.2) is 0 Å². The fourth-order valence-electron chi connectivity index (χ4n) is 1.77. The van der Waals surface area contributed by atoms with E-state index in [0.717, 1.165) is 6.42 Å². The van der Waals surface area contributed by atoms with Gasteiger partial charge in [0.1, 0.15) is 0 Å². The number of amides is 2. The van der Waals surface area contributed by atoms with Gasteiger partial charge in [-0.1, -0.05) is 27.7 Å². The lowest BCUT2D eigenvalue weighted by atomic mass is 9.84. The summed E-state index contributed by atoms with van der Waals surface area (Å²) in [5.41, 5.74) is -0.0664. The molecule has 2 amide bonds. The van der Waals surface area contributed by atoms with Crippen molar-refractivity contribution >= 4 is 12.0 Å². The van der Waals surface area contributed by atoms with Crippen molar-refractivity contribution < 1.29 is 14.7 Å². The van der Waals surface area contributed by atoms with E-state index in [-0.39, 0.29) is 18.0 Å². The molecule has 0 aromatic heterocycles. The summed E-state index contributed by atoms with van der Waals surface area (Å²) in [6, 6.07) is -0.211. The summed E-state index contributed by atoms with van der Waals surface area (Å²) < 4.78 is 0. The van der Waals surface area contributed by atoms with Crippen molar-refractivity contribution in [3.8, 4) is 0 Å². The van der Waals surface area contributed by atoms with Gasteiger partial charge in [-0.15, -0.1) is 0 Å². The molecule has 0 heterocycles. The van der Waals surface area contributed by atoms with Crippen molar-refractivity contribution in [3.05, 3.63) is 0 Å². The summed E-state index contributed by atoms with van der Waals surface area (Å²) in [7, 11) is 1.71. The molecule has 1 atom stereocenters. The maximum absolute atomic E-state index is 11.6. The Morgan fingerprint density at radius 2 is 1.89 bits per heavy atom. The average molecular weight is 258 g/mol. The molecule has 5 nitrogen and oxygen atoms in total. The highest BCUT2D eigenvalue weighted by molar-refractivity contribution is 5.75. The fraction of sp³-hybridized carbons (Fsp3) is 0.846. The molecule has 0 aromatic rings. The van der Waals surface area contributed by atoms with E-state index < -0.39 is 11.9 Å². The number of rotatable bonds is 6. The zero-order valence-electron chi connectivity index (χ0n) is 12.1. The Bertz CT molecular complexity index is 284. The molecule has 0 aliphatic rings. The molecule has 0 rings (SSSR count). The highest BCUT2D eigenvalue weighted by Gasteiger charge is 2.25. The average Bonchev–Trinajstić information content (AvgIpc) is 2.22. The number of nitrogens with one attached hydrogen (secondary N) is 1. The molecule has 0 saturated carbocycles. The number of urea groups is 1. The minimum absolute atomic E-state index is 0.0664. The van der Waals surface area contributed by atoms with Crippen LogP contribution in [0.25, 0.3) is 0 Å². The van der Waals surface area contributed by atoms with E-state index in [9.17, 15) is 9.59 Å². The van der Waals surface area contributed by atoms with Crippen molar-refractivity contribution in [2.75, 3.05) is 20.1 Å². The first-order valence-electron chi connectivity index (χ1n) is 6.39. The molecule has 0 radical (unpaired) electrons. The maximum atomic E-state index is 11.6. The number of aliphatic carboxylic acids is 1. The van der Waals surface area contributed by atoms with Crippen molar-refractivity contribution in [3.63, 3.8) is 0 Å². The third-order valence-corrected chi connectivity index (χ3v) is 2.61. The van der Waals surface area contributed by atoms with Crippen LogP contribution in [0.4, 0.5) is 4.79 Å². The predicted octanol–water partition coefficient (Wildman–Crippen LogP) is 2.17. The lowest BCUT2D eigenvalue weighted by Crippen LogP contribution is -2.42. The molecule has 0 spiro atoms. The van der Waals surface area contributed by atoms with Gasteiger partial charge < -0.3 is 15.3 Å². The molecule has 1 unspecified atom stereocenters. The van der Waals surface area contributed by atoms with Crippen LogP contribution in [-0.4, -0.2) is 42.1 Å². The summed E-state index contributed by atoms with van der Waals surface area (Å²) in [6.45, 7) is 8.82. The second kappa shape index (κ2) is 7.24. The number of carbonyl (C=O) groups excluding carboxylic acids is 1. The smallest absolute Gasteiger partial charge is 0.317 e. The molecular formula is C13H26N2O3. The van der Waals surface area contributed by atoms with Gasteiger partial charge in [0.15, 0.2) is 0 Å². The minimum atomic E-state index is -0.858. The minimum Gasteiger partial charge on any atom is -0.481 e. The van der Waals surface area contributed by atoms with Crippen molar-refractivity contribution in [1.82, 2.24) is 10.2 Å². The number of nitrogens with zero attached hydrogens (tertiary/aromatic N) is 1. The van der Waals surface area contributed by atoms with E-state index in [0.29, 0.717) is 13.0 Å². The van der Waals surface area contributed by atoms with Gasteiger partial charge in [0.25, 0.3) is 0 Å². The van der Waals surface area contributed by atoms with Crippen molar-refractivity contribution in [2.24, 2.45) is 11.3 Å². The van der Waals surface area contributed by atoms with Gasteiger partial charge in [0, 0.05) is 20.1 Å². The first kappa shape index (κ1) is 16.7. The Balaban J connectivity index is 4.28. The van der Waals surface area contributed by atoms with Gasteiger partial charge in [0.2, 0.25) is 0 Å². The fourth-order valence-corrected chi connectivity index (χ4v) is 1.77. The van der Waals surface area contributed by atoms with E-state index >= 15 is 0 Å². The summed E-state index contributed by atoms with van der Waals surface area (Å²) in [5.74, 6) is -1.40. The standard InChI is InChI=1S/C13H26N2O3/c1-6-7-15(5)12(18)14-9-10(11(16)17)8-13(2,3)4/h10H,6-9H2,1-5H3,(H,14,18)(H,16,17). The zero-order valence-corrected chi connectivity index (χ0v) is 12.1. The Kier molecular flexibility index (Phi) is 6.73. The third kappa shape index (κ3) is 7.14. The predicted molar refractivity (Wildman–Crippen MR) is 71.5 cm³/mol. The van der Waals surface area contributed by atoms with Crippen LogP contribution in [0.3, 0.4) is 0 Å². The number of carboxylic acid groups (broad SMARTS) is 1. The number of hydrogen-bond acceptors (Lipinski definition) is 2. The first-order chi connectivity index (χ1) is 8.17. The second-order valence-corrected chi connectivity index (χ2v) is 5.91. The molecule has 2 N–H and O–H groups in total. The van der Waals surface area contributed by atoms with Gasteiger partial charge >= 0.3 is 12.0 Å². The summed E-state index contributed by atoms with van der Waals surface area (Å²) in [4.78, 5) is 24.3. The van der Waals surface area contributed by atoms with E-state index in [4.69, 9.17) is 5.11 Å². The molecule has 0 fully saturated rings. The largest absolute Gasteiger partial charge is 0.481 e. The van der Waals surface area contributed by atoms with Crippen molar-refractivity contribution in [2.45, 2.75) is 40.5 Å². The summed E-state index contributed by atoms with van der Waals surface area (Å²) in [6.07, 6.45) is 1.42. The lowest BCUT2D eigenvalue weighted by Gasteiger charge is -2.24. The Hall–Kier alpha value is -1.26. The quantitative estimate of drug-likeness (QED) is 0.767. The molecular weight excluding hydrogens is 232 g/mol. The SMILES string of the molecule is CCCN(C)C(=O)NCC(CC(C)(C)C)C(=O)O. The Labute approximate surface area is 110 Å². The van der Waals surface area contributed by atoms with E-state index in [1.807, 2.05) is 27.7 Å². The van der Waals surface area contributed by atoms with Crippen LogP contribution < -0.4 is 5.32 Å². The molecule has 0 saturated heterocycles. The molecule has 0 aromatic carbocycles. The van der Waals surface area contributed by atoms with Crippen LogP contribution >= 0.6 is 0 Å². The van der Waals surface area contributed by atoms with Crippen LogP contribution in [0.2, 0.25) is 0 Å². The number of hydrogen-bond donors (Lipinski definition) is 2. The van der Waals surface area contributed by atoms with Gasteiger partial charge in [-0.2, -0.15) is 0 Å². The highest BCUT2D eigenvalue weighted by Crippen LogP contribution is 2.24. The van der Waals surface area contributed by atoms with Gasteiger partial charge in [0.05, 0.1) is 5.92 Å². The molecule has 0 aliphatic carbocycles. The summed E-state index contributed by atoms with van der Waals surface area (Å²) in [5, 5.41) is 11.8. The molecule has 18 heavy (non-hydrogen) atoms. The van der Waals surface area contributed by atoms with E-state index in [2.05, 4.69) is 5.32 Å². The molecule has 5 heteroatoms. The number of carbonyl (C=O) groups is 2. The van der Waals surface area contributed by atoms with Crippen LogP contribution in [0.5, 0.6) is 0 Å². The summed E-state index contributed by atoms with van der Waals surface area (Å²) >= 11 is 0. The second-order valence-electron chi connectivity index (χ2n) is 5.91. The van der Waals surface area contributed by atoms with Crippen LogP contribution in [-0.2, 0) is 4.79 Å². The topological polar surface area (TPSA) is 69.6 Å². The van der Waals surface area contributed by atoms with Gasteiger partial charge in [-0.3, -0.25) is 4.79 Å². The monoisotopic (exact) mass is 258 g/mol. The van der Waals surface area contributed by atoms with Gasteiger partial charge in [-0.25, -0.2) is 4.79 Å². The van der Waals surface area contributed by atoms with Gasteiger partial charge in [-0.05, 0) is 18.3 Å². The number of carboxylic acids is 1. The first-order valence-corrected chi connectivity index (χ1v) is 6.39. The van der Waals surface area contributed by atoms with Crippen LogP contribution in [0.1, 0.15) is 40.5 Å². The Morgan fingerprint density at radius 1 is 1.33 bits per heavy atom. The highest BCUT2D eigenvalue weighted by atomic mass is 16.4. The lowest BCUT2D eigenvalue weighted by molar-refractivity contribution is -0.142. The van der Waals surface area contributed by atoms with Crippen molar-refractivity contribution in [1.29, 1.82) is 0 Å². The maximum Gasteiger partial charge on any atom is 0.317 e. The normalized spacial score (nSPS) is 12.9. The zero-order chi connectivity index (χ0) is 14.3. The van der Waals surface area contributed by atoms with Crippen LogP contribution in [0, 0.1) is 11.3 Å². The van der Waals surface area contributed by atoms with E-state index in [1.54, 1.807) is 11.9 Å². The molecule has 106 valence electrons. The molecule has 0 bridgehead atoms. The third-order valence-electron chi connectivity index (χ3n) is 2.61.